The summed E-state index contributed by atoms with van der Waals surface area (Å²) in [5, 5.41) is 5.87. The Kier molecular flexibility index (Phi) is 4.54. The molecule has 2 atom stereocenters. The Morgan fingerprint density at radius 2 is 2.14 bits per heavy atom. The van der Waals surface area contributed by atoms with Gasteiger partial charge in [-0.1, -0.05) is 18.7 Å². The van der Waals surface area contributed by atoms with Crippen LogP contribution in [-0.4, -0.2) is 58.8 Å². The normalized spacial score (nSPS) is 24.1. The predicted molar refractivity (Wildman–Crippen MR) is 90.2 cm³/mol. The molecule has 0 N–H and O–H groups in total. The third-order valence-electron chi connectivity index (χ3n) is 4.07. The first-order valence-electron chi connectivity index (χ1n) is 7.42. The Morgan fingerprint density at radius 1 is 1.38 bits per heavy atom. The van der Waals surface area contributed by atoms with E-state index in [4.69, 9.17) is 0 Å². The van der Waals surface area contributed by atoms with E-state index in [1.165, 1.54) is 5.17 Å². The van der Waals surface area contributed by atoms with Crippen molar-refractivity contribution in [3.05, 3.63) is 22.4 Å². The van der Waals surface area contributed by atoms with E-state index in [0.29, 0.717) is 5.25 Å². The maximum atomic E-state index is 12.6. The van der Waals surface area contributed by atoms with Crippen LogP contribution in [0.4, 0.5) is 0 Å². The van der Waals surface area contributed by atoms with Crippen LogP contribution in [0.15, 0.2) is 21.8 Å². The van der Waals surface area contributed by atoms with Crippen molar-refractivity contribution in [2.24, 2.45) is 4.99 Å². The Bertz CT molecular complexity index is 521. The number of aliphatic imine (C=N–C) groups is 1. The van der Waals surface area contributed by atoms with E-state index < -0.39 is 0 Å². The Morgan fingerprint density at radius 3 is 2.71 bits per heavy atom. The van der Waals surface area contributed by atoms with E-state index in [9.17, 15) is 4.79 Å². The molecule has 0 saturated carbocycles. The zero-order chi connectivity index (χ0) is 14.8. The van der Waals surface area contributed by atoms with Gasteiger partial charge in [-0.15, -0.1) is 0 Å². The van der Waals surface area contributed by atoms with Gasteiger partial charge in [0.05, 0.1) is 12.5 Å². The van der Waals surface area contributed by atoms with E-state index in [1.54, 1.807) is 11.3 Å². The topological polar surface area (TPSA) is 35.9 Å². The molecule has 0 bridgehead atoms. The number of amidine groups is 1. The van der Waals surface area contributed by atoms with Gasteiger partial charge in [0.1, 0.15) is 0 Å². The SMILES string of the molecule is C[C@H](C(=O)N1CCN(C2=NC[C@H](C)S2)CC1)c1ccsc1. The molecular weight excluding hydrogens is 302 g/mol. The van der Waals surface area contributed by atoms with Crippen LogP contribution in [-0.2, 0) is 4.79 Å². The zero-order valence-electron chi connectivity index (χ0n) is 12.5. The first-order valence-corrected chi connectivity index (χ1v) is 9.24. The standard InChI is InChI=1S/C15H21N3OS2/c1-11-9-16-15(21-11)18-6-4-17(5-7-18)14(19)12(2)13-3-8-20-10-13/h3,8,10-12H,4-7,9H2,1-2H3/t11-,12-/m0/s1. The maximum Gasteiger partial charge on any atom is 0.229 e. The van der Waals surface area contributed by atoms with Crippen LogP contribution in [0, 0.1) is 0 Å². The summed E-state index contributed by atoms with van der Waals surface area (Å²) in [5.41, 5.74) is 1.14. The lowest BCUT2D eigenvalue weighted by molar-refractivity contribution is -0.133. The highest BCUT2D eigenvalue weighted by Gasteiger charge is 2.28. The lowest BCUT2D eigenvalue weighted by atomic mass is 10.0. The van der Waals surface area contributed by atoms with Gasteiger partial charge < -0.3 is 9.80 Å². The summed E-state index contributed by atoms with van der Waals surface area (Å²) in [4.78, 5) is 21.5. The lowest BCUT2D eigenvalue weighted by Gasteiger charge is -2.36. The number of carbonyl (C=O) groups is 1. The van der Waals surface area contributed by atoms with Gasteiger partial charge in [-0.25, -0.2) is 0 Å². The van der Waals surface area contributed by atoms with Crippen LogP contribution in [0.25, 0.3) is 0 Å². The number of rotatable bonds is 2. The summed E-state index contributed by atoms with van der Waals surface area (Å²) < 4.78 is 0. The monoisotopic (exact) mass is 323 g/mol. The predicted octanol–water partition coefficient (Wildman–Crippen LogP) is 2.49. The second-order valence-electron chi connectivity index (χ2n) is 5.64. The minimum absolute atomic E-state index is 0.0268. The molecule has 2 aliphatic heterocycles. The fourth-order valence-electron chi connectivity index (χ4n) is 2.69. The van der Waals surface area contributed by atoms with E-state index in [2.05, 4.69) is 28.3 Å². The van der Waals surface area contributed by atoms with Crippen molar-refractivity contribution in [2.45, 2.75) is 25.0 Å². The summed E-state index contributed by atoms with van der Waals surface area (Å²) in [6.07, 6.45) is 0. The number of carbonyl (C=O) groups excluding carboxylic acids is 1. The molecule has 1 amide bonds. The van der Waals surface area contributed by atoms with Crippen molar-refractivity contribution in [3.63, 3.8) is 0 Å². The van der Waals surface area contributed by atoms with Crippen LogP contribution in [0.3, 0.4) is 0 Å². The highest BCUT2D eigenvalue weighted by atomic mass is 32.2. The molecule has 0 spiro atoms. The Balaban J connectivity index is 1.55. The third-order valence-corrected chi connectivity index (χ3v) is 5.92. The number of hydrogen-bond acceptors (Lipinski definition) is 5. The molecule has 3 rings (SSSR count). The Labute approximate surface area is 134 Å². The molecule has 1 saturated heterocycles. The van der Waals surface area contributed by atoms with Gasteiger partial charge in [-0.05, 0) is 29.3 Å². The molecule has 0 aliphatic carbocycles. The van der Waals surface area contributed by atoms with Crippen molar-refractivity contribution in [1.29, 1.82) is 0 Å². The number of nitrogens with zero attached hydrogens (tertiary/aromatic N) is 3. The van der Waals surface area contributed by atoms with E-state index in [1.807, 2.05) is 29.0 Å². The number of piperazine rings is 1. The molecule has 114 valence electrons. The number of amides is 1. The smallest absolute Gasteiger partial charge is 0.229 e. The van der Waals surface area contributed by atoms with Gasteiger partial charge in [-0.2, -0.15) is 11.3 Å². The first kappa shape index (κ1) is 14.9. The molecule has 21 heavy (non-hydrogen) atoms. The van der Waals surface area contributed by atoms with Crippen molar-refractivity contribution in [3.8, 4) is 0 Å². The molecule has 1 aromatic rings. The fourth-order valence-corrected chi connectivity index (χ4v) is 4.44. The van der Waals surface area contributed by atoms with Crippen LogP contribution in [0.5, 0.6) is 0 Å². The fraction of sp³-hybridized carbons (Fsp3) is 0.600. The summed E-state index contributed by atoms with van der Waals surface area (Å²) >= 11 is 3.51. The zero-order valence-corrected chi connectivity index (χ0v) is 14.1. The van der Waals surface area contributed by atoms with Crippen LogP contribution >= 0.6 is 23.1 Å². The lowest BCUT2D eigenvalue weighted by Crippen LogP contribution is -2.50. The molecule has 1 fully saturated rings. The third kappa shape index (κ3) is 3.26. The maximum absolute atomic E-state index is 12.6. The molecular formula is C15H21N3OS2. The van der Waals surface area contributed by atoms with Gasteiger partial charge in [-0.3, -0.25) is 9.79 Å². The summed E-state index contributed by atoms with van der Waals surface area (Å²) in [7, 11) is 0. The van der Waals surface area contributed by atoms with Crippen molar-refractivity contribution in [2.75, 3.05) is 32.7 Å². The van der Waals surface area contributed by atoms with Gasteiger partial charge in [0.2, 0.25) is 5.91 Å². The molecule has 0 unspecified atom stereocenters. The van der Waals surface area contributed by atoms with Crippen molar-refractivity contribution < 1.29 is 4.79 Å². The van der Waals surface area contributed by atoms with Crippen LogP contribution in [0.2, 0.25) is 0 Å². The molecule has 0 aromatic carbocycles. The summed E-state index contributed by atoms with van der Waals surface area (Å²) in [6.45, 7) is 8.57. The summed E-state index contributed by atoms with van der Waals surface area (Å²) in [6, 6.07) is 2.05. The summed E-state index contributed by atoms with van der Waals surface area (Å²) in [5.74, 6) is 0.225. The van der Waals surface area contributed by atoms with Crippen LogP contribution < -0.4 is 0 Å². The molecule has 4 nitrogen and oxygen atoms in total. The number of hydrogen-bond donors (Lipinski definition) is 0. The molecule has 6 heteroatoms. The highest BCUT2D eigenvalue weighted by molar-refractivity contribution is 8.14. The quantitative estimate of drug-likeness (QED) is 0.839. The minimum atomic E-state index is -0.0268. The second kappa shape index (κ2) is 6.40. The van der Waals surface area contributed by atoms with Crippen LogP contribution in [0.1, 0.15) is 25.3 Å². The molecule has 1 aromatic heterocycles. The van der Waals surface area contributed by atoms with Gasteiger partial charge in [0, 0.05) is 31.4 Å². The van der Waals surface area contributed by atoms with E-state index in [-0.39, 0.29) is 11.8 Å². The minimum Gasteiger partial charge on any atom is -0.348 e. The van der Waals surface area contributed by atoms with Crippen molar-refractivity contribution in [1.82, 2.24) is 9.80 Å². The van der Waals surface area contributed by atoms with Gasteiger partial charge in [0.15, 0.2) is 5.17 Å². The average Bonchev–Trinajstić information content (AvgIpc) is 3.17. The molecule has 3 heterocycles. The number of thioether (sulfide) groups is 1. The van der Waals surface area contributed by atoms with Gasteiger partial charge >= 0.3 is 0 Å². The second-order valence-corrected chi connectivity index (χ2v) is 7.83. The average molecular weight is 323 g/mol. The van der Waals surface area contributed by atoms with Crippen molar-refractivity contribution >= 4 is 34.2 Å². The van der Waals surface area contributed by atoms with E-state index >= 15 is 0 Å². The largest absolute Gasteiger partial charge is 0.348 e. The molecule has 2 aliphatic rings. The van der Waals surface area contributed by atoms with Gasteiger partial charge in [0.25, 0.3) is 0 Å². The van der Waals surface area contributed by atoms with E-state index in [0.717, 1.165) is 38.3 Å². The first-order chi connectivity index (χ1) is 10.1. The molecule has 0 radical (unpaired) electrons. The number of thiophene rings is 1. The Hall–Kier alpha value is -1.01. The highest BCUT2D eigenvalue weighted by Crippen LogP contribution is 2.25.